The molecule has 23 heavy (non-hydrogen) atoms. The van der Waals surface area contributed by atoms with Crippen molar-refractivity contribution in [3.05, 3.63) is 59.9 Å². The van der Waals surface area contributed by atoms with Gasteiger partial charge >= 0.3 is 0 Å². The van der Waals surface area contributed by atoms with E-state index < -0.39 is 0 Å². The molecule has 4 heteroatoms. The van der Waals surface area contributed by atoms with Gasteiger partial charge in [-0.25, -0.2) is 4.39 Å². The predicted octanol–water partition coefficient (Wildman–Crippen LogP) is 4.69. The van der Waals surface area contributed by atoms with Gasteiger partial charge in [-0.3, -0.25) is 0 Å². The Labute approximate surface area is 136 Å². The zero-order valence-electron chi connectivity index (χ0n) is 13.2. The molecule has 0 aliphatic carbocycles. The third-order valence-corrected chi connectivity index (χ3v) is 3.48. The number of nitrogens with zero attached hydrogens (tertiary/aromatic N) is 1. The van der Waals surface area contributed by atoms with Crippen molar-refractivity contribution in [1.29, 1.82) is 5.26 Å². The van der Waals surface area contributed by atoms with Gasteiger partial charge in [0.15, 0.2) is 11.6 Å². The maximum Gasteiger partial charge on any atom is 0.165 e. The molecule has 0 saturated carbocycles. The van der Waals surface area contributed by atoms with Gasteiger partial charge in [-0.15, -0.1) is 0 Å². The minimum Gasteiger partial charge on any atom is -0.494 e. The third-order valence-electron chi connectivity index (χ3n) is 3.48. The average molecular weight is 313 g/mol. The summed E-state index contributed by atoms with van der Waals surface area (Å²) in [5.74, 6) is 0.489. The van der Waals surface area contributed by atoms with Crippen LogP contribution in [0.4, 0.5) is 4.39 Å². The van der Waals surface area contributed by atoms with Gasteiger partial charge in [-0.05, 0) is 49.6 Å². The fourth-order valence-corrected chi connectivity index (χ4v) is 2.30. The van der Waals surface area contributed by atoms with E-state index in [1.54, 1.807) is 18.2 Å². The van der Waals surface area contributed by atoms with E-state index in [0.717, 1.165) is 11.3 Å². The van der Waals surface area contributed by atoms with Gasteiger partial charge in [-0.2, -0.15) is 5.26 Å². The molecule has 1 unspecified atom stereocenters. The first-order valence-electron chi connectivity index (χ1n) is 7.74. The highest BCUT2D eigenvalue weighted by Crippen LogP contribution is 2.23. The Morgan fingerprint density at radius 3 is 2.48 bits per heavy atom. The Morgan fingerprint density at radius 1 is 1.09 bits per heavy atom. The number of halogens is 1. The van der Waals surface area contributed by atoms with Crippen LogP contribution >= 0.6 is 0 Å². The SMILES string of the molecule is CCOc1ccc(C(C#N)CCCOc2ccccc2F)cc1. The molecule has 2 aromatic rings. The molecule has 0 N–H and O–H groups in total. The first kappa shape index (κ1) is 16.8. The Balaban J connectivity index is 1.83. The van der Waals surface area contributed by atoms with E-state index in [1.807, 2.05) is 31.2 Å². The highest BCUT2D eigenvalue weighted by molar-refractivity contribution is 5.32. The lowest BCUT2D eigenvalue weighted by molar-refractivity contribution is 0.290. The van der Waals surface area contributed by atoms with E-state index in [9.17, 15) is 9.65 Å². The molecule has 0 aliphatic heterocycles. The number of benzene rings is 2. The first-order chi connectivity index (χ1) is 11.2. The Hall–Kier alpha value is -2.54. The van der Waals surface area contributed by atoms with Gasteiger partial charge < -0.3 is 9.47 Å². The van der Waals surface area contributed by atoms with Crippen LogP contribution in [0.25, 0.3) is 0 Å². The van der Waals surface area contributed by atoms with Gasteiger partial charge in [0, 0.05) is 0 Å². The van der Waals surface area contributed by atoms with Gasteiger partial charge in [0.2, 0.25) is 0 Å². The number of rotatable bonds is 8. The zero-order valence-corrected chi connectivity index (χ0v) is 13.2. The minimum absolute atomic E-state index is 0.199. The summed E-state index contributed by atoms with van der Waals surface area (Å²) in [6.07, 6.45) is 1.35. The van der Waals surface area contributed by atoms with Crippen molar-refractivity contribution in [2.24, 2.45) is 0 Å². The second-order valence-corrected chi connectivity index (χ2v) is 5.10. The van der Waals surface area contributed by atoms with Crippen molar-refractivity contribution in [2.45, 2.75) is 25.7 Å². The molecule has 0 spiro atoms. The molecule has 3 nitrogen and oxygen atoms in total. The molecular formula is C19H20FNO2. The van der Waals surface area contributed by atoms with Crippen LogP contribution in [0, 0.1) is 17.1 Å². The standard InChI is InChI=1S/C19H20FNO2/c1-2-22-17-11-9-15(10-12-17)16(14-21)6-5-13-23-19-8-4-3-7-18(19)20/h3-4,7-12,16H,2,5-6,13H2,1H3. The fraction of sp³-hybridized carbons (Fsp3) is 0.316. The first-order valence-corrected chi connectivity index (χ1v) is 7.74. The van der Waals surface area contributed by atoms with Crippen molar-refractivity contribution < 1.29 is 13.9 Å². The number of hydrogen-bond acceptors (Lipinski definition) is 3. The second-order valence-electron chi connectivity index (χ2n) is 5.10. The van der Waals surface area contributed by atoms with Gasteiger partial charge in [0.1, 0.15) is 5.75 Å². The second kappa shape index (κ2) is 8.79. The fourth-order valence-electron chi connectivity index (χ4n) is 2.30. The summed E-state index contributed by atoms with van der Waals surface area (Å²) in [6.45, 7) is 2.94. The van der Waals surface area contributed by atoms with Crippen molar-refractivity contribution >= 4 is 0 Å². The van der Waals surface area contributed by atoms with Crippen LogP contribution in [0.1, 0.15) is 31.2 Å². The average Bonchev–Trinajstić information content (AvgIpc) is 2.58. The summed E-state index contributed by atoms with van der Waals surface area (Å²) in [6, 6.07) is 16.2. The molecule has 2 rings (SSSR count). The van der Waals surface area contributed by atoms with Crippen LogP contribution in [0.15, 0.2) is 48.5 Å². The predicted molar refractivity (Wildman–Crippen MR) is 87.1 cm³/mol. The molecule has 1 atom stereocenters. The molecule has 0 saturated heterocycles. The van der Waals surface area contributed by atoms with Crippen LogP contribution in [0.3, 0.4) is 0 Å². The minimum atomic E-state index is -0.365. The van der Waals surface area contributed by atoms with Gasteiger partial charge in [0.05, 0.1) is 25.2 Å². The van der Waals surface area contributed by atoms with Crippen molar-refractivity contribution in [1.82, 2.24) is 0 Å². The quantitative estimate of drug-likeness (QED) is 0.664. The summed E-state index contributed by atoms with van der Waals surface area (Å²) in [5, 5.41) is 9.33. The highest BCUT2D eigenvalue weighted by Gasteiger charge is 2.11. The van der Waals surface area contributed by atoms with Crippen LogP contribution in [-0.4, -0.2) is 13.2 Å². The van der Waals surface area contributed by atoms with Crippen LogP contribution in [0.2, 0.25) is 0 Å². The molecule has 2 aromatic carbocycles. The Kier molecular flexibility index (Phi) is 6.43. The lowest BCUT2D eigenvalue weighted by Gasteiger charge is -2.11. The molecule has 120 valence electrons. The smallest absolute Gasteiger partial charge is 0.165 e. The normalized spacial score (nSPS) is 11.5. The van der Waals surface area contributed by atoms with Gasteiger partial charge in [-0.1, -0.05) is 24.3 Å². The summed E-state index contributed by atoms with van der Waals surface area (Å²) in [5.41, 5.74) is 0.960. The Bertz CT molecular complexity index is 649. The lowest BCUT2D eigenvalue weighted by atomic mass is 9.96. The van der Waals surface area contributed by atoms with Crippen molar-refractivity contribution in [3.63, 3.8) is 0 Å². The maximum atomic E-state index is 13.4. The van der Waals surface area contributed by atoms with E-state index in [1.165, 1.54) is 6.07 Å². The van der Waals surface area contributed by atoms with E-state index >= 15 is 0 Å². The molecule has 0 heterocycles. The van der Waals surface area contributed by atoms with E-state index in [4.69, 9.17) is 9.47 Å². The summed E-state index contributed by atoms with van der Waals surface area (Å²) in [4.78, 5) is 0. The largest absolute Gasteiger partial charge is 0.494 e. The lowest BCUT2D eigenvalue weighted by Crippen LogP contribution is -2.03. The molecule has 0 fully saturated rings. The van der Waals surface area contributed by atoms with Gasteiger partial charge in [0.25, 0.3) is 0 Å². The summed E-state index contributed by atoms with van der Waals surface area (Å²) in [7, 11) is 0. The zero-order chi connectivity index (χ0) is 16.5. The van der Waals surface area contributed by atoms with E-state index in [-0.39, 0.29) is 17.5 Å². The van der Waals surface area contributed by atoms with Crippen LogP contribution in [-0.2, 0) is 0 Å². The molecule has 0 amide bonds. The number of ether oxygens (including phenoxy) is 2. The maximum absolute atomic E-state index is 13.4. The summed E-state index contributed by atoms with van der Waals surface area (Å²) >= 11 is 0. The molecular weight excluding hydrogens is 293 g/mol. The van der Waals surface area contributed by atoms with Crippen molar-refractivity contribution in [3.8, 4) is 17.6 Å². The molecule has 0 aromatic heterocycles. The number of hydrogen-bond donors (Lipinski definition) is 0. The molecule has 0 aliphatic rings. The Morgan fingerprint density at radius 2 is 1.83 bits per heavy atom. The number of nitriles is 1. The molecule has 0 radical (unpaired) electrons. The van der Waals surface area contributed by atoms with Crippen LogP contribution < -0.4 is 9.47 Å². The highest BCUT2D eigenvalue weighted by atomic mass is 19.1. The third kappa shape index (κ3) is 5.00. The molecule has 0 bridgehead atoms. The van der Waals surface area contributed by atoms with E-state index in [0.29, 0.717) is 26.1 Å². The topological polar surface area (TPSA) is 42.2 Å². The van der Waals surface area contributed by atoms with Crippen molar-refractivity contribution in [2.75, 3.05) is 13.2 Å². The summed E-state index contributed by atoms with van der Waals surface area (Å²) < 4.78 is 24.2. The monoisotopic (exact) mass is 313 g/mol. The van der Waals surface area contributed by atoms with Crippen LogP contribution in [0.5, 0.6) is 11.5 Å². The number of para-hydroxylation sites is 1. The van der Waals surface area contributed by atoms with E-state index in [2.05, 4.69) is 6.07 Å².